The molecule has 0 atom stereocenters. The third-order valence-corrected chi connectivity index (χ3v) is 2.90. The van der Waals surface area contributed by atoms with Gasteiger partial charge in [-0.3, -0.25) is 4.79 Å². The van der Waals surface area contributed by atoms with Gasteiger partial charge >= 0.3 is 11.9 Å². The van der Waals surface area contributed by atoms with Crippen LogP contribution >= 0.6 is 0 Å². The maximum Gasteiger partial charge on any atom is 0.357 e. The molecule has 1 aromatic heterocycles. The molecule has 2 aromatic rings. The van der Waals surface area contributed by atoms with Crippen molar-refractivity contribution >= 4 is 23.5 Å². The van der Waals surface area contributed by atoms with Crippen LogP contribution in [-0.2, 0) is 14.3 Å². The van der Waals surface area contributed by atoms with Gasteiger partial charge in [0.15, 0.2) is 6.61 Å². The van der Waals surface area contributed by atoms with E-state index in [9.17, 15) is 14.4 Å². The van der Waals surface area contributed by atoms with E-state index in [4.69, 9.17) is 9.47 Å². The average Bonchev–Trinajstić information content (AvgIpc) is 2.61. The van der Waals surface area contributed by atoms with Gasteiger partial charge in [-0.2, -0.15) is 0 Å². The molecular weight excluding hydrogens is 312 g/mol. The second-order valence-corrected chi connectivity index (χ2v) is 4.61. The number of carbonyl (C=O) groups is 3. The lowest BCUT2D eigenvalue weighted by atomic mass is 10.2. The Morgan fingerprint density at radius 1 is 1.00 bits per heavy atom. The van der Waals surface area contributed by atoms with Crippen molar-refractivity contribution in [1.29, 1.82) is 0 Å². The van der Waals surface area contributed by atoms with Crippen LogP contribution in [0.5, 0.6) is 0 Å². The summed E-state index contributed by atoms with van der Waals surface area (Å²) in [5.41, 5.74) is 0.621. The maximum absolute atomic E-state index is 11.9. The molecule has 0 saturated heterocycles. The number of aromatic nitrogens is 1. The highest BCUT2D eigenvalue weighted by molar-refractivity contribution is 6.02. The number of hydrogen-bond acceptors (Lipinski definition) is 6. The Morgan fingerprint density at radius 3 is 2.46 bits per heavy atom. The molecule has 0 radical (unpaired) electrons. The molecule has 0 spiro atoms. The second-order valence-electron chi connectivity index (χ2n) is 4.61. The van der Waals surface area contributed by atoms with E-state index in [1.807, 2.05) is 0 Å². The first-order valence-electron chi connectivity index (χ1n) is 7.26. The third-order valence-electron chi connectivity index (χ3n) is 2.90. The van der Waals surface area contributed by atoms with Gasteiger partial charge in [-0.25, -0.2) is 14.6 Å². The lowest BCUT2D eigenvalue weighted by Crippen LogP contribution is -2.22. The van der Waals surface area contributed by atoms with E-state index in [1.165, 1.54) is 18.3 Å². The Bertz CT molecular complexity index is 731. The van der Waals surface area contributed by atoms with E-state index < -0.39 is 24.5 Å². The highest BCUT2D eigenvalue weighted by atomic mass is 16.5. The monoisotopic (exact) mass is 328 g/mol. The van der Waals surface area contributed by atoms with E-state index >= 15 is 0 Å². The molecule has 1 aromatic carbocycles. The minimum atomic E-state index is -0.704. The fraction of sp³-hybridized carbons (Fsp3) is 0.176. The molecule has 2 rings (SSSR count). The minimum absolute atomic E-state index is 0.109. The highest BCUT2D eigenvalue weighted by Crippen LogP contribution is 2.16. The molecule has 24 heavy (non-hydrogen) atoms. The number of amides is 1. The second kappa shape index (κ2) is 8.42. The molecule has 0 fully saturated rings. The van der Waals surface area contributed by atoms with Gasteiger partial charge in [0, 0.05) is 6.20 Å². The zero-order valence-corrected chi connectivity index (χ0v) is 13.0. The largest absolute Gasteiger partial charge is 0.462 e. The molecule has 0 unspecified atom stereocenters. The van der Waals surface area contributed by atoms with Crippen molar-refractivity contribution in [3.63, 3.8) is 0 Å². The van der Waals surface area contributed by atoms with Gasteiger partial charge in [-0.1, -0.05) is 18.2 Å². The Kier molecular flexibility index (Phi) is 6.01. The predicted octanol–water partition coefficient (Wildman–Crippen LogP) is 2.05. The Labute approximate surface area is 138 Å². The number of anilines is 1. The summed E-state index contributed by atoms with van der Waals surface area (Å²) in [6.07, 6.45) is 1.45. The van der Waals surface area contributed by atoms with Gasteiger partial charge in [-0.15, -0.1) is 0 Å². The van der Waals surface area contributed by atoms with E-state index in [0.29, 0.717) is 0 Å². The van der Waals surface area contributed by atoms with Crippen molar-refractivity contribution in [2.75, 3.05) is 18.5 Å². The van der Waals surface area contributed by atoms with Crippen molar-refractivity contribution in [1.82, 2.24) is 4.98 Å². The number of rotatable bonds is 6. The lowest BCUT2D eigenvalue weighted by Gasteiger charge is -2.10. The summed E-state index contributed by atoms with van der Waals surface area (Å²) in [4.78, 5) is 39.3. The molecule has 1 N–H and O–H groups in total. The van der Waals surface area contributed by atoms with Crippen LogP contribution in [0.25, 0.3) is 0 Å². The van der Waals surface area contributed by atoms with Crippen LogP contribution in [-0.4, -0.2) is 36.0 Å². The average molecular weight is 328 g/mol. The summed E-state index contributed by atoms with van der Waals surface area (Å²) >= 11 is 0. The highest BCUT2D eigenvalue weighted by Gasteiger charge is 2.15. The number of nitrogens with one attached hydrogen (secondary N) is 1. The minimum Gasteiger partial charge on any atom is -0.462 e. The van der Waals surface area contributed by atoms with Crippen LogP contribution < -0.4 is 5.32 Å². The summed E-state index contributed by atoms with van der Waals surface area (Å²) in [5, 5.41) is 2.52. The predicted molar refractivity (Wildman–Crippen MR) is 85.5 cm³/mol. The van der Waals surface area contributed by atoms with Crippen LogP contribution in [0.4, 0.5) is 5.69 Å². The Morgan fingerprint density at radius 2 is 1.75 bits per heavy atom. The first kappa shape index (κ1) is 17.1. The van der Waals surface area contributed by atoms with Gasteiger partial charge in [0.25, 0.3) is 5.91 Å². The molecule has 1 amide bonds. The zero-order chi connectivity index (χ0) is 17.4. The van der Waals surface area contributed by atoms with Crippen LogP contribution in [0.3, 0.4) is 0 Å². The number of para-hydroxylation sites is 1. The number of esters is 2. The molecule has 124 valence electrons. The van der Waals surface area contributed by atoms with Crippen LogP contribution in [0.1, 0.15) is 27.8 Å². The van der Waals surface area contributed by atoms with Crippen molar-refractivity contribution < 1.29 is 23.9 Å². The van der Waals surface area contributed by atoms with Gasteiger partial charge in [0.05, 0.1) is 17.9 Å². The van der Waals surface area contributed by atoms with Crippen LogP contribution in [0.15, 0.2) is 48.7 Å². The Hall–Kier alpha value is -3.22. The molecule has 0 aliphatic carbocycles. The molecule has 7 nitrogen and oxygen atoms in total. The van der Waals surface area contributed by atoms with Gasteiger partial charge in [0.1, 0.15) is 5.69 Å². The molecule has 7 heteroatoms. The first-order valence-corrected chi connectivity index (χ1v) is 7.26. The lowest BCUT2D eigenvalue weighted by molar-refractivity contribution is -0.119. The SMILES string of the molecule is CCOC(=O)c1ccccc1NC(=O)COC(=O)c1ccccn1. The molecule has 0 saturated carbocycles. The number of benzene rings is 1. The summed E-state index contributed by atoms with van der Waals surface area (Å²) < 4.78 is 9.80. The summed E-state index contributed by atoms with van der Waals surface area (Å²) in [5.74, 6) is -1.82. The summed E-state index contributed by atoms with van der Waals surface area (Å²) in [6, 6.07) is 11.2. The third kappa shape index (κ3) is 4.64. The van der Waals surface area contributed by atoms with Crippen molar-refractivity contribution in [2.24, 2.45) is 0 Å². The normalized spacial score (nSPS) is 9.88. The van der Waals surface area contributed by atoms with Gasteiger partial charge in [-0.05, 0) is 31.2 Å². The van der Waals surface area contributed by atoms with Crippen LogP contribution in [0, 0.1) is 0 Å². The molecule has 0 aliphatic heterocycles. The topological polar surface area (TPSA) is 94.6 Å². The molecule has 1 heterocycles. The number of nitrogens with zero attached hydrogens (tertiary/aromatic N) is 1. The van der Waals surface area contributed by atoms with Crippen molar-refractivity contribution in [3.8, 4) is 0 Å². The van der Waals surface area contributed by atoms with Gasteiger partial charge < -0.3 is 14.8 Å². The van der Waals surface area contributed by atoms with Crippen molar-refractivity contribution in [3.05, 3.63) is 59.9 Å². The zero-order valence-electron chi connectivity index (χ0n) is 13.0. The van der Waals surface area contributed by atoms with E-state index in [0.717, 1.165) is 0 Å². The number of carbonyl (C=O) groups excluding carboxylic acids is 3. The number of ether oxygens (including phenoxy) is 2. The van der Waals surface area contributed by atoms with E-state index in [2.05, 4.69) is 10.3 Å². The smallest absolute Gasteiger partial charge is 0.357 e. The summed E-state index contributed by atoms with van der Waals surface area (Å²) in [6.45, 7) is 1.42. The van der Waals surface area contributed by atoms with Crippen LogP contribution in [0.2, 0.25) is 0 Å². The van der Waals surface area contributed by atoms with Crippen molar-refractivity contribution in [2.45, 2.75) is 6.92 Å². The first-order chi connectivity index (χ1) is 11.6. The molecule has 0 bridgehead atoms. The fourth-order valence-corrected chi connectivity index (χ4v) is 1.85. The molecule has 0 aliphatic rings. The van der Waals surface area contributed by atoms with Gasteiger partial charge in [0.2, 0.25) is 0 Å². The molecular formula is C17H16N2O5. The van der Waals surface area contributed by atoms with E-state index in [1.54, 1.807) is 37.3 Å². The summed E-state index contributed by atoms with van der Waals surface area (Å²) in [7, 11) is 0. The van der Waals surface area contributed by atoms with E-state index in [-0.39, 0.29) is 23.6 Å². The maximum atomic E-state index is 11.9. The standard InChI is InChI=1S/C17H16N2O5/c1-2-23-16(21)12-7-3-4-8-13(12)19-15(20)11-24-17(22)14-9-5-6-10-18-14/h3-10H,2,11H2,1H3,(H,19,20). The quantitative estimate of drug-likeness (QED) is 0.816. The Balaban J connectivity index is 1.95. The number of hydrogen-bond donors (Lipinski definition) is 1. The fourth-order valence-electron chi connectivity index (χ4n) is 1.85. The number of pyridine rings is 1.